The Labute approximate surface area is 146 Å². The van der Waals surface area contributed by atoms with Gasteiger partial charge in [0, 0.05) is 24.2 Å². The van der Waals surface area contributed by atoms with Crippen LogP contribution in [-0.4, -0.2) is 23.8 Å². The third-order valence-corrected chi connectivity index (χ3v) is 4.55. The number of fused-ring (bicyclic) bond motifs is 1. The van der Waals surface area contributed by atoms with E-state index in [2.05, 4.69) is 10.6 Å². The van der Waals surface area contributed by atoms with Gasteiger partial charge in [-0.1, -0.05) is 41.9 Å². The quantitative estimate of drug-likeness (QED) is 0.781. The van der Waals surface area contributed by atoms with Gasteiger partial charge >= 0.3 is 6.03 Å². The number of urea groups is 1. The van der Waals surface area contributed by atoms with Crippen LogP contribution in [0, 0.1) is 0 Å². The standard InChI is InChI=1S/C19H21ClN2O2/c20-17-6-5-15-10-18(11-16(15)9-17)22-19(24)21-12-14-3-1-13(2-4-14)7-8-23/h1-6,9,18,23H,7-8,10-12H2,(H2,21,22,24). The molecule has 24 heavy (non-hydrogen) atoms. The van der Waals surface area contributed by atoms with Gasteiger partial charge in [-0.2, -0.15) is 0 Å². The summed E-state index contributed by atoms with van der Waals surface area (Å²) in [5, 5.41) is 15.6. The van der Waals surface area contributed by atoms with Crippen molar-refractivity contribution in [2.45, 2.75) is 31.8 Å². The normalized spacial score (nSPS) is 15.8. The first kappa shape index (κ1) is 16.8. The molecule has 0 bridgehead atoms. The Morgan fingerprint density at radius 3 is 2.54 bits per heavy atom. The van der Waals surface area contributed by atoms with E-state index in [4.69, 9.17) is 16.7 Å². The molecule has 0 saturated carbocycles. The van der Waals surface area contributed by atoms with Crippen LogP contribution in [0.1, 0.15) is 22.3 Å². The number of rotatable bonds is 5. The van der Waals surface area contributed by atoms with E-state index in [9.17, 15) is 4.79 Å². The molecule has 126 valence electrons. The van der Waals surface area contributed by atoms with E-state index in [-0.39, 0.29) is 18.7 Å². The number of carbonyl (C=O) groups excluding carboxylic acids is 1. The molecule has 0 radical (unpaired) electrons. The van der Waals surface area contributed by atoms with E-state index in [1.165, 1.54) is 11.1 Å². The average molecular weight is 345 g/mol. The van der Waals surface area contributed by atoms with Crippen LogP contribution in [-0.2, 0) is 25.8 Å². The molecular formula is C19H21ClN2O2. The second-order valence-electron chi connectivity index (χ2n) is 6.14. The minimum atomic E-state index is -0.154. The fourth-order valence-electron chi connectivity index (χ4n) is 3.06. The van der Waals surface area contributed by atoms with Gasteiger partial charge in [0.2, 0.25) is 0 Å². The van der Waals surface area contributed by atoms with Gasteiger partial charge in [0.1, 0.15) is 0 Å². The van der Waals surface area contributed by atoms with Crippen molar-refractivity contribution in [1.29, 1.82) is 0 Å². The van der Waals surface area contributed by atoms with E-state index >= 15 is 0 Å². The highest BCUT2D eigenvalue weighted by atomic mass is 35.5. The molecule has 3 rings (SSSR count). The van der Waals surface area contributed by atoms with Crippen LogP contribution in [0.25, 0.3) is 0 Å². The van der Waals surface area contributed by atoms with Gasteiger partial charge in [-0.25, -0.2) is 4.79 Å². The second kappa shape index (κ2) is 7.69. The van der Waals surface area contributed by atoms with Gasteiger partial charge in [-0.15, -0.1) is 0 Å². The van der Waals surface area contributed by atoms with Crippen molar-refractivity contribution in [3.05, 3.63) is 69.7 Å². The van der Waals surface area contributed by atoms with E-state index < -0.39 is 0 Å². The molecule has 0 fully saturated rings. The molecule has 0 aromatic heterocycles. The summed E-state index contributed by atoms with van der Waals surface area (Å²) in [6.07, 6.45) is 2.31. The number of hydrogen-bond donors (Lipinski definition) is 3. The van der Waals surface area contributed by atoms with Crippen LogP contribution in [0.3, 0.4) is 0 Å². The molecule has 2 aromatic carbocycles. The monoisotopic (exact) mass is 344 g/mol. The summed E-state index contributed by atoms with van der Waals surface area (Å²) in [7, 11) is 0. The number of amides is 2. The van der Waals surface area contributed by atoms with Crippen LogP contribution in [0.2, 0.25) is 5.02 Å². The van der Waals surface area contributed by atoms with Crippen LogP contribution in [0.5, 0.6) is 0 Å². The number of nitrogens with one attached hydrogen (secondary N) is 2. The summed E-state index contributed by atoms with van der Waals surface area (Å²) in [5.74, 6) is 0. The maximum atomic E-state index is 12.1. The number of hydrogen-bond acceptors (Lipinski definition) is 2. The lowest BCUT2D eigenvalue weighted by Gasteiger charge is -2.13. The highest BCUT2D eigenvalue weighted by Gasteiger charge is 2.22. The number of aliphatic hydroxyl groups excluding tert-OH is 1. The smallest absolute Gasteiger partial charge is 0.315 e. The Bertz CT molecular complexity index is 716. The maximum Gasteiger partial charge on any atom is 0.315 e. The summed E-state index contributed by atoms with van der Waals surface area (Å²) in [6.45, 7) is 0.631. The third-order valence-electron chi connectivity index (χ3n) is 4.31. The fraction of sp³-hybridized carbons (Fsp3) is 0.316. The Kier molecular flexibility index (Phi) is 5.38. The molecule has 0 heterocycles. The second-order valence-corrected chi connectivity index (χ2v) is 6.57. The van der Waals surface area contributed by atoms with Crippen molar-refractivity contribution >= 4 is 17.6 Å². The highest BCUT2D eigenvalue weighted by molar-refractivity contribution is 6.30. The molecule has 1 aliphatic carbocycles. The number of halogens is 1. The third kappa shape index (κ3) is 4.28. The predicted octanol–water partition coefficient (Wildman–Crippen LogP) is 2.84. The first-order valence-electron chi connectivity index (χ1n) is 8.14. The summed E-state index contributed by atoms with van der Waals surface area (Å²) in [6, 6.07) is 13.8. The molecule has 0 saturated heterocycles. The van der Waals surface area contributed by atoms with Crippen molar-refractivity contribution in [2.75, 3.05) is 6.61 Å². The summed E-state index contributed by atoms with van der Waals surface area (Å²) in [5.41, 5.74) is 4.60. The number of carbonyl (C=O) groups is 1. The van der Waals surface area contributed by atoms with Crippen molar-refractivity contribution in [2.24, 2.45) is 0 Å². The molecule has 1 aliphatic rings. The summed E-state index contributed by atoms with van der Waals surface area (Å²) >= 11 is 6.01. The minimum absolute atomic E-state index is 0.116. The van der Waals surface area contributed by atoms with Gasteiger partial charge < -0.3 is 15.7 Å². The molecule has 3 N–H and O–H groups in total. The lowest BCUT2D eigenvalue weighted by atomic mass is 10.1. The number of aliphatic hydroxyl groups is 1. The fourth-order valence-corrected chi connectivity index (χ4v) is 3.26. The zero-order valence-electron chi connectivity index (χ0n) is 13.4. The molecule has 4 nitrogen and oxygen atoms in total. The topological polar surface area (TPSA) is 61.4 Å². The zero-order chi connectivity index (χ0) is 16.9. The Morgan fingerprint density at radius 1 is 1.08 bits per heavy atom. The van der Waals surface area contributed by atoms with Gasteiger partial charge in [0.25, 0.3) is 0 Å². The van der Waals surface area contributed by atoms with Gasteiger partial charge in [0.15, 0.2) is 0 Å². The van der Waals surface area contributed by atoms with Crippen molar-refractivity contribution < 1.29 is 9.90 Å². The molecule has 1 atom stereocenters. The van der Waals surface area contributed by atoms with E-state index in [1.54, 1.807) is 0 Å². The van der Waals surface area contributed by atoms with Crippen LogP contribution >= 0.6 is 11.6 Å². The molecule has 0 aliphatic heterocycles. The van der Waals surface area contributed by atoms with Crippen LogP contribution < -0.4 is 10.6 Å². The first-order chi connectivity index (χ1) is 11.6. The highest BCUT2D eigenvalue weighted by Crippen LogP contribution is 2.25. The zero-order valence-corrected chi connectivity index (χ0v) is 14.1. The van der Waals surface area contributed by atoms with Gasteiger partial charge in [0.05, 0.1) is 0 Å². The number of benzene rings is 2. The maximum absolute atomic E-state index is 12.1. The average Bonchev–Trinajstić information content (AvgIpc) is 2.95. The van der Waals surface area contributed by atoms with Crippen molar-refractivity contribution in [3.8, 4) is 0 Å². The molecule has 5 heteroatoms. The van der Waals surface area contributed by atoms with Crippen molar-refractivity contribution in [1.82, 2.24) is 10.6 Å². The molecule has 2 amide bonds. The Hall–Kier alpha value is -2.04. The van der Waals surface area contributed by atoms with Gasteiger partial charge in [-0.05, 0) is 53.6 Å². The SMILES string of the molecule is O=C(NCc1ccc(CCO)cc1)NC1Cc2ccc(Cl)cc2C1. The molecule has 2 aromatic rings. The lowest BCUT2D eigenvalue weighted by molar-refractivity contribution is 0.237. The van der Waals surface area contributed by atoms with Crippen molar-refractivity contribution in [3.63, 3.8) is 0 Å². The molecule has 1 unspecified atom stereocenters. The lowest BCUT2D eigenvalue weighted by Crippen LogP contribution is -2.42. The Morgan fingerprint density at radius 2 is 1.79 bits per heavy atom. The van der Waals surface area contributed by atoms with Crippen LogP contribution in [0.15, 0.2) is 42.5 Å². The van der Waals surface area contributed by atoms with Gasteiger partial charge in [-0.3, -0.25) is 0 Å². The minimum Gasteiger partial charge on any atom is -0.396 e. The molecular weight excluding hydrogens is 324 g/mol. The predicted molar refractivity (Wildman–Crippen MR) is 95.3 cm³/mol. The summed E-state index contributed by atoms with van der Waals surface area (Å²) in [4.78, 5) is 12.1. The summed E-state index contributed by atoms with van der Waals surface area (Å²) < 4.78 is 0. The Balaban J connectivity index is 1.46. The molecule has 0 spiro atoms. The van der Waals surface area contributed by atoms with E-state index in [1.807, 2.05) is 42.5 Å². The van der Waals surface area contributed by atoms with E-state index in [0.29, 0.717) is 13.0 Å². The van der Waals surface area contributed by atoms with E-state index in [0.717, 1.165) is 29.0 Å². The largest absolute Gasteiger partial charge is 0.396 e. The first-order valence-corrected chi connectivity index (χ1v) is 8.52. The van der Waals surface area contributed by atoms with Crippen LogP contribution in [0.4, 0.5) is 4.79 Å².